The molecule has 130 valence electrons. The highest BCUT2D eigenvalue weighted by Crippen LogP contribution is 2.52. The molecule has 4 rings (SSSR count). The summed E-state index contributed by atoms with van der Waals surface area (Å²) in [5, 5.41) is 1.58. The molecule has 0 amide bonds. The molecular formula is C19H15F3O3. The molecule has 2 aromatic carbocycles. The van der Waals surface area contributed by atoms with Gasteiger partial charge in [-0.25, -0.2) is 0 Å². The van der Waals surface area contributed by atoms with Gasteiger partial charge in [0.05, 0.1) is 11.2 Å². The first-order valence-corrected chi connectivity index (χ1v) is 7.86. The average molecular weight is 348 g/mol. The van der Waals surface area contributed by atoms with Crippen molar-refractivity contribution in [3.8, 4) is 5.75 Å². The molecule has 25 heavy (non-hydrogen) atoms. The molecule has 2 heterocycles. The fourth-order valence-corrected chi connectivity index (χ4v) is 3.48. The summed E-state index contributed by atoms with van der Waals surface area (Å²) in [7, 11) is 0. The minimum atomic E-state index is -4.89. The lowest BCUT2D eigenvalue weighted by Crippen LogP contribution is -2.63. The van der Waals surface area contributed by atoms with Gasteiger partial charge in [-0.1, -0.05) is 30.3 Å². The summed E-state index contributed by atoms with van der Waals surface area (Å²) >= 11 is 0. The molecule has 3 nitrogen and oxygen atoms in total. The van der Waals surface area contributed by atoms with Gasteiger partial charge >= 0.3 is 12.0 Å². The number of carbonyl (C=O) groups is 1. The molecule has 0 aliphatic carbocycles. The number of carbonyl (C=O) groups excluding carboxylic acids is 1. The lowest BCUT2D eigenvalue weighted by molar-refractivity contribution is -0.363. The number of alkyl halides is 3. The molecule has 2 aromatic rings. The van der Waals surface area contributed by atoms with E-state index >= 15 is 0 Å². The van der Waals surface area contributed by atoms with E-state index in [4.69, 9.17) is 9.47 Å². The van der Waals surface area contributed by atoms with E-state index in [9.17, 15) is 18.0 Å². The van der Waals surface area contributed by atoms with Crippen molar-refractivity contribution >= 4 is 22.6 Å². The molecule has 1 fully saturated rings. The highest BCUT2D eigenvalue weighted by Gasteiger charge is 2.68. The number of hydrogen-bond donors (Lipinski definition) is 0. The second-order valence-electron chi connectivity index (χ2n) is 6.93. The molecule has 1 atom stereocenters. The van der Waals surface area contributed by atoms with E-state index < -0.39 is 28.9 Å². The Morgan fingerprint density at radius 3 is 2.52 bits per heavy atom. The molecular weight excluding hydrogens is 333 g/mol. The Bertz CT molecular complexity index is 927. The zero-order valence-corrected chi connectivity index (χ0v) is 13.6. The molecule has 2 aliphatic rings. The third-order valence-electron chi connectivity index (χ3n) is 4.51. The van der Waals surface area contributed by atoms with Gasteiger partial charge in [0.1, 0.15) is 5.75 Å². The largest absolute Gasteiger partial charge is 0.460 e. The van der Waals surface area contributed by atoms with Gasteiger partial charge in [-0.05, 0) is 36.8 Å². The first-order chi connectivity index (χ1) is 11.6. The van der Waals surface area contributed by atoms with Crippen molar-refractivity contribution in [2.45, 2.75) is 37.8 Å². The van der Waals surface area contributed by atoms with Crippen molar-refractivity contribution in [3.05, 3.63) is 47.5 Å². The van der Waals surface area contributed by atoms with E-state index in [-0.39, 0.29) is 12.2 Å². The van der Waals surface area contributed by atoms with Crippen LogP contribution in [0.2, 0.25) is 0 Å². The van der Waals surface area contributed by atoms with Gasteiger partial charge in [0, 0.05) is 12.0 Å². The lowest BCUT2D eigenvalue weighted by atomic mass is 9.84. The number of Topliss-reactive ketones (excluding diaryl/α,β-unsaturated/α-hetero) is 1. The van der Waals surface area contributed by atoms with Gasteiger partial charge in [0.25, 0.3) is 0 Å². The van der Waals surface area contributed by atoms with Crippen molar-refractivity contribution < 1.29 is 27.4 Å². The summed E-state index contributed by atoms with van der Waals surface area (Å²) in [4.78, 5) is 12.5. The zero-order chi connectivity index (χ0) is 18.0. The molecule has 0 radical (unpaired) electrons. The van der Waals surface area contributed by atoms with Gasteiger partial charge in [0.15, 0.2) is 5.78 Å². The lowest BCUT2D eigenvalue weighted by Gasteiger charge is -2.47. The van der Waals surface area contributed by atoms with E-state index in [1.165, 1.54) is 26.0 Å². The maximum absolute atomic E-state index is 13.9. The quantitative estimate of drug-likeness (QED) is 0.696. The first-order valence-electron chi connectivity index (χ1n) is 7.86. The number of halogens is 3. The third kappa shape index (κ3) is 2.28. The summed E-state index contributed by atoms with van der Waals surface area (Å²) in [6, 6.07) is 10.4. The van der Waals surface area contributed by atoms with Crippen LogP contribution >= 0.6 is 0 Å². The molecule has 0 saturated carbocycles. The second-order valence-corrected chi connectivity index (χ2v) is 6.93. The normalized spacial score (nSPS) is 25.0. The zero-order valence-electron chi connectivity index (χ0n) is 13.6. The van der Waals surface area contributed by atoms with Gasteiger partial charge in [-0.15, -0.1) is 0 Å². The topological polar surface area (TPSA) is 35.5 Å². The first kappa shape index (κ1) is 16.1. The molecule has 6 heteroatoms. The minimum absolute atomic E-state index is 0.0466. The Balaban J connectivity index is 2.01. The van der Waals surface area contributed by atoms with Crippen molar-refractivity contribution in [1.82, 2.24) is 0 Å². The van der Waals surface area contributed by atoms with Crippen LogP contribution in [0.1, 0.15) is 25.8 Å². The van der Waals surface area contributed by atoms with Gasteiger partial charge in [-0.3, -0.25) is 4.79 Å². The standard InChI is InChI=1S/C19H15F3O3/c1-17(2)10-15(23)14-9-13-12-6-4-3-5-11(12)7-8-16(13)24-18(14,25-17)19(20,21)22/h3-9H,10H2,1-2H3. The number of ether oxygens (including phenoxy) is 2. The number of benzene rings is 2. The van der Waals surface area contributed by atoms with E-state index in [1.54, 1.807) is 18.2 Å². The highest BCUT2D eigenvalue weighted by atomic mass is 19.4. The number of rotatable bonds is 0. The van der Waals surface area contributed by atoms with Gasteiger partial charge in [0.2, 0.25) is 0 Å². The number of ketones is 1. The Hall–Kier alpha value is -2.34. The van der Waals surface area contributed by atoms with Crippen molar-refractivity contribution in [2.24, 2.45) is 0 Å². The van der Waals surface area contributed by atoms with Crippen molar-refractivity contribution in [1.29, 1.82) is 0 Å². The van der Waals surface area contributed by atoms with E-state index in [0.717, 1.165) is 10.8 Å². The summed E-state index contributed by atoms with van der Waals surface area (Å²) in [5.74, 6) is -3.64. The predicted octanol–water partition coefficient (Wildman–Crippen LogP) is 4.64. The van der Waals surface area contributed by atoms with Crippen LogP contribution in [0, 0.1) is 0 Å². The fourth-order valence-electron chi connectivity index (χ4n) is 3.48. The van der Waals surface area contributed by atoms with E-state index in [2.05, 4.69) is 0 Å². The summed E-state index contributed by atoms with van der Waals surface area (Å²) in [5.41, 5.74) is -1.31. The van der Waals surface area contributed by atoms with Crippen LogP contribution in [0.5, 0.6) is 5.75 Å². The third-order valence-corrected chi connectivity index (χ3v) is 4.51. The average Bonchev–Trinajstić information content (AvgIpc) is 2.51. The van der Waals surface area contributed by atoms with Crippen LogP contribution in [-0.4, -0.2) is 23.3 Å². The molecule has 0 spiro atoms. The maximum Gasteiger partial charge on any atom is 0.460 e. The Kier molecular flexibility index (Phi) is 3.13. The molecule has 0 N–H and O–H groups in total. The SMILES string of the molecule is CC1(C)CC(=O)C2=Cc3c(ccc4ccccc34)OC2(C(F)(F)F)O1. The molecule has 0 bridgehead atoms. The molecule has 2 aliphatic heterocycles. The number of fused-ring (bicyclic) bond motifs is 4. The fraction of sp³-hybridized carbons (Fsp3) is 0.316. The molecule has 1 saturated heterocycles. The second kappa shape index (κ2) is 4.85. The van der Waals surface area contributed by atoms with Crippen LogP contribution < -0.4 is 4.74 Å². The monoisotopic (exact) mass is 348 g/mol. The van der Waals surface area contributed by atoms with Gasteiger partial charge < -0.3 is 9.47 Å². The van der Waals surface area contributed by atoms with E-state index in [0.29, 0.717) is 5.56 Å². The van der Waals surface area contributed by atoms with Gasteiger partial charge in [-0.2, -0.15) is 13.2 Å². The van der Waals surface area contributed by atoms with Crippen molar-refractivity contribution in [2.75, 3.05) is 0 Å². The Labute approximate surface area is 142 Å². The van der Waals surface area contributed by atoms with Crippen LogP contribution in [0.25, 0.3) is 16.8 Å². The van der Waals surface area contributed by atoms with Crippen LogP contribution in [0.3, 0.4) is 0 Å². The van der Waals surface area contributed by atoms with Crippen LogP contribution in [0.15, 0.2) is 42.0 Å². The number of hydrogen-bond acceptors (Lipinski definition) is 3. The van der Waals surface area contributed by atoms with E-state index in [1.807, 2.05) is 12.1 Å². The predicted molar refractivity (Wildman–Crippen MR) is 86.1 cm³/mol. The minimum Gasteiger partial charge on any atom is -0.449 e. The molecule has 1 unspecified atom stereocenters. The Morgan fingerprint density at radius 1 is 1.08 bits per heavy atom. The van der Waals surface area contributed by atoms with Crippen LogP contribution in [0.4, 0.5) is 13.2 Å². The van der Waals surface area contributed by atoms with Crippen molar-refractivity contribution in [3.63, 3.8) is 0 Å². The highest BCUT2D eigenvalue weighted by molar-refractivity contribution is 6.06. The van der Waals surface area contributed by atoms with Crippen LogP contribution in [-0.2, 0) is 9.53 Å². The maximum atomic E-state index is 13.9. The smallest absolute Gasteiger partial charge is 0.449 e. The Morgan fingerprint density at radius 2 is 1.80 bits per heavy atom. The summed E-state index contributed by atoms with van der Waals surface area (Å²) in [6.45, 7) is 2.91. The summed E-state index contributed by atoms with van der Waals surface area (Å²) in [6.07, 6.45) is -3.76. The summed E-state index contributed by atoms with van der Waals surface area (Å²) < 4.78 is 52.5. The molecule has 0 aromatic heterocycles.